The molecule has 2 aromatic heterocycles. The summed E-state index contributed by atoms with van der Waals surface area (Å²) < 4.78 is 9.94. The number of anilines is 1. The number of aliphatic hydroxyl groups excluding tert-OH is 1. The summed E-state index contributed by atoms with van der Waals surface area (Å²) in [6.07, 6.45) is 8.01. The predicted molar refractivity (Wildman–Crippen MR) is 191 cm³/mol. The number of carbonyl (C=O) groups excluding carboxylic acids is 3. The van der Waals surface area contributed by atoms with Gasteiger partial charge in [-0.1, -0.05) is 71.9 Å². The SMILES string of the molecule is C[n+]1cc(CO)cn1CC1=C(C(=O)OC(c2ccccc2)c2ccccc2)N2C(=O)[C@@H](NC(=O)C(=NOC3C=CCC3)c3csc(N)n3)[C@H]2SC1. The highest BCUT2D eigenvalue weighted by atomic mass is 32.2. The molecule has 262 valence electrons. The molecular weight excluding hydrogens is 691 g/mol. The number of oxime groups is 1. The number of β-lactam (4-membered cyclic amide) rings is 1. The summed E-state index contributed by atoms with van der Waals surface area (Å²) in [6.45, 7) is 0.117. The highest BCUT2D eigenvalue weighted by molar-refractivity contribution is 8.00. The molecule has 13 nitrogen and oxygen atoms in total. The highest BCUT2D eigenvalue weighted by Gasteiger charge is 2.55. The van der Waals surface area contributed by atoms with Crippen molar-refractivity contribution >= 4 is 51.7 Å². The van der Waals surface area contributed by atoms with E-state index >= 15 is 0 Å². The smallest absolute Gasteiger partial charge is 0.356 e. The number of esters is 1. The van der Waals surface area contributed by atoms with Gasteiger partial charge in [0.25, 0.3) is 11.8 Å². The maximum Gasteiger partial charge on any atom is 0.356 e. The standard InChI is InChI=1S/C36H35N7O6S2/c1-41-16-22(19-44)17-42(41)18-25-20-50-34-29(39-32(45)28(27-21-51-36(37)38-27)40-49-26-14-8-9-15-26)33(46)43(34)30(25)35(47)48-31(23-10-4-2-5-11-23)24-12-6-3-7-13-24/h2-8,10-14,16-17,21,26,29,31,34,44H,9,15,18-20H2,1H3,(H2-,37,38,39,45)/p+1/t26?,29-,34-/m1/s1. The molecule has 1 fully saturated rings. The van der Waals surface area contributed by atoms with Gasteiger partial charge in [0.05, 0.1) is 18.4 Å². The van der Waals surface area contributed by atoms with Gasteiger partial charge in [-0.15, -0.1) is 27.8 Å². The summed E-state index contributed by atoms with van der Waals surface area (Å²) in [5.41, 5.74) is 9.03. The summed E-state index contributed by atoms with van der Waals surface area (Å²) in [6, 6.07) is 17.9. The number of allylic oxidation sites excluding steroid dienone is 1. The first-order valence-electron chi connectivity index (χ1n) is 16.4. The Morgan fingerprint density at radius 3 is 2.49 bits per heavy atom. The summed E-state index contributed by atoms with van der Waals surface area (Å²) >= 11 is 2.59. The van der Waals surface area contributed by atoms with E-state index in [1.807, 2.05) is 89.2 Å². The number of thiazole rings is 1. The van der Waals surface area contributed by atoms with E-state index in [1.54, 1.807) is 17.8 Å². The number of nitrogen functional groups attached to an aromatic ring is 1. The summed E-state index contributed by atoms with van der Waals surface area (Å²) in [5, 5.41) is 18.0. The molecule has 3 aliphatic rings. The molecule has 1 aliphatic carbocycles. The maximum atomic E-state index is 14.4. The first-order chi connectivity index (χ1) is 24.8. The lowest BCUT2D eigenvalue weighted by Gasteiger charge is -2.49. The third-order valence-electron chi connectivity index (χ3n) is 8.79. The van der Waals surface area contributed by atoms with Crippen LogP contribution in [0.4, 0.5) is 5.13 Å². The van der Waals surface area contributed by atoms with Crippen LogP contribution in [0.5, 0.6) is 0 Å². The van der Waals surface area contributed by atoms with Gasteiger partial charge in [0, 0.05) is 11.1 Å². The molecule has 1 unspecified atom stereocenters. The highest BCUT2D eigenvalue weighted by Crippen LogP contribution is 2.42. The molecule has 0 radical (unpaired) electrons. The van der Waals surface area contributed by atoms with Crippen molar-refractivity contribution in [2.45, 2.75) is 49.6 Å². The van der Waals surface area contributed by atoms with Crippen LogP contribution in [-0.2, 0) is 44.2 Å². The Kier molecular flexibility index (Phi) is 10.0. The van der Waals surface area contributed by atoms with E-state index in [9.17, 15) is 19.5 Å². The fourth-order valence-electron chi connectivity index (χ4n) is 6.23. The lowest BCUT2D eigenvalue weighted by Crippen LogP contribution is -2.71. The number of nitrogens with two attached hydrogens (primary N) is 1. The third kappa shape index (κ3) is 7.18. The molecule has 4 N–H and O–H groups in total. The zero-order chi connectivity index (χ0) is 35.5. The Morgan fingerprint density at radius 1 is 1.16 bits per heavy atom. The van der Waals surface area contributed by atoms with Gasteiger partial charge in [0.1, 0.15) is 35.5 Å². The van der Waals surface area contributed by atoms with Gasteiger partial charge in [-0.3, -0.25) is 14.5 Å². The number of aryl methyl sites for hydroxylation is 1. The molecule has 0 spiro atoms. The van der Waals surface area contributed by atoms with Gasteiger partial charge in [-0.2, -0.15) is 4.68 Å². The molecule has 4 heterocycles. The van der Waals surface area contributed by atoms with Crippen molar-refractivity contribution in [3.8, 4) is 0 Å². The molecule has 1 saturated heterocycles. The molecule has 51 heavy (non-hydrogen) atoms. The lowest BCUT2D eigenvalue weighted by atomic mass is 10.0. The van der Waals surface area contributed by atoms with Gasteiger partial charge in [-0.05, 0) is 35.6 Å². The van der Waals surface area contributed by atoms with Crippen molar-refractivity contribution in [1.82, 2.24) is 19.9 Å². The van der Waals surface area contributed by atoms with Gasteiger partial charge < -0.3 is 25.7 Å². The number of thioether (sulfide) groups is 1. The summed E-state index contributed by atoms with van der Waals surface area (Å²) in [4.78, 5) is 53.4. The average Bonchev–Trinajstić information content (AvgIpc) is 3.92. The zero-order valence-corrected chi connectivity index (χ0v) is 29.3. The topological polar surface area (TPSA) is 165 Å². The first kappa shape index (κ1) is 34.2. The van der Waals surface area contributed by atoms with Crippen molar-refractivity contribution in [3.63, 3.8) is 0 Å². The minimum absolute atomic E-state index is 0.0977. The lowest BCUT2D eigenvalue weighted by molar-refractivity contribution is -0.753. The fraction of sp³-hybridized carbons (Fsp3) is 0.278. The molecule has 7 rings (SSSR count). The summed E-state index contributed by atoms with van der Waals surface area (Å²) in [7, 11) is 1.83. The van der Waals surface area contributed by atoms with E-state index in [2.05, 4.69) is 15.5 Å². The number of carbonyl (C=O) groups is 3. The fourth-order valence-corrected chi connectivity index (χ4v) is 8.11. The maximum absolute atomic E-state index is 14.4. The third-order valence-corrected chi connectivity index (χ3v) is 10.8. The molecule has 2 aliphatic heterocycles. The van der Waals surface area contributed by atoms with Gasteiger partial charge >= 0.3 is 5.97 Å². The van der Waals surface area contributed by atoms with Gasteiger partial charge in [0.2, 0.25) is 6.20 Å². The van der Waals surface area contributed by atoms with Crippen LogP contribution in [0, 0.1) is 0 Å². The molecule has 15 heteroatoms. The minimum Gasteiger partial charge on any atom is -0.448 e. The van der Waals surface area contributed by atoms with Crippen LogP contribution in [0.1, 0.15) is 41.3 Å². The number of ether oxygens (including phenoxy) is 1. The van der Waals surface area contributed by atoms with Crippen LogP contribution in [-0.4, -0.2) is 66.4 Å². The second-order valence-corrected chi connectivity index (χ2v) is 14.2. The largest absolute Gasteiger partial charge is 0.448 e. The quantitative estimate of drug-likeness (QED) is 0.0497. The Balaban J connectivity index is 1.18. The molecule has 2 amide bonds. The number of nitrogens with one attached hydrogen (secondary N) is 1. The number of benzene rings is 2. The van der Waals surface area contributed by atoms with E-state index in [0.29, 0.717) is 16.9 Å². The summed E-state index contributed by atoms with van der Waals surface area (Å²) in [5.74, 6) is -1.41. The van der Waals surface area contributed by atoms with Crippen molar-refractivity contribution in [2.24, 2.45) is 12.2 Å². The Morgan fingerprint density at radius 2 is 1.88 bits per heavy atom. The normalized spacial score (nSPS) is 20.0. The first-order valence-corrected chi connectivity index (χ1v) is 18.3. The van der Waals surface area contributed by atoms with Crippen molar-refractivity contribution in [3.05, 3.63) is 124 Å². The molecule has 4 aromatic rings. The van der Waals surface area contributed by atoms with Crippen molar-refractivity contribution in [1.29, 1.82) is 0 Å². The van der Waals surface area contributed by atoms with E-state index < -0.39 is 35.3 Å². The number of aromatic nitrogens is 3. The van der Waals surface area contributed by atoms with Crippen molar-refractivity contribution < 1.29 is 33.7 Å². The molecule has 3 atom stereocenters. The number of rotatable bonds is 12. The Bertz CT molecular complexity index is 1990. The molecule has 2 aromatic carbocycles. The second kappa shape index (κ2) is 14.9. The molecule has 0 bridgehead atoms. The monoisotopic (exact) mass is 726 g/mol. The average molecular weight is 727 g/mol. The van der Waals surface area contributed by atoms with E-state index in [0.717, 1.165) is 35.3 Å². The van der Waals surface area contributed by atoms with E-state index in [-0.39, 0.29) is 41.5 Å². The second-order valence-electron chi connectivity index (χ2n) is 12.2. The van der Waals surface area contributed by atoms with E-state index in [1.165, 1.54) is 16.7 Å². The van der Waals surface area contributed by atoms with E-state index in [4.69, 9.17) is 15.3 Å². The molecular formula is C36H36N7O6S2+. The Hall–Kier alpha value is -5.25. The predicted octanol–water partition coefficient (Wildman–Crippen LogP) is 2.97. The van der Waals surface area contributed by atoms with Crippen LogP contribution in [0.25, 0.3) is 0 Å². The van der Waals surface area contributed by atoms with Crippen LogP contribution < -0.4 is 15.7 Å². The van der Waals surface area contributed by atoms with Crippen LogP contribution in [0.3, 0.4) is 0 Å². The number of hydrogen-bond donors (Lipinski definition) is 3. The number of amides is 2. The number of fused-ring (bicyclic) bond motifs is 1. The number of aliphatic hydroxyl groups is 1. The number of hydrogen-bond acceptors (Lipinski definition) is 11. The number of nitrogens with zero attached hydrogens (tertiary/aromatic N) is 5. The van der Waals surface area contributed by atoms with Crippen LogP contribution >= 0.6 is 23.1 Å². The Labute approximate surface area is 302 Å². The van der Waals surface area contributed by atoms with Crippen LogP contribution in [0.15, 0.2) is 107 Å². The van der Waals surface area contributed by atoms with Gasteiger partial charge in [-0.25, -0.2) is 9.78 Å². The minimum atomic E-state index is -0.956. The van der Waals surface area contributed by atoms with Gasteiger partial charge in [0.15, 0.2) is 24.0 Å². The van der Waals surface area contributed by atoms with Crippen LogP contribution in [0.2, 0.25) is 0 Å². The zero-order valence-electron chi connectivity index (χ0n) is 27.6. The molecule has 0 saturated carbocycles. The van der Waals surface area contributed by atoms with Crippen molar-refractivity contribution in [2.75, 3.05) is 11.5 Å².